The van der Waals surface area contributed by atoms with E-state index in [1.54, 1.807) is 0 Å². The lowest BCUT2D eigenvalue weighted by atomic mass is 9.85. The van der Waals surface area contributed by atoms with Gasteiger partial charge < -0.3 is 10.0 Å². The van der Waals surface area contributed by atoms with E-state index in [1.165, 1.54) is 59.1 Å². The molecule has 34 heavy (non-hydrogen) atoms. The molecule has 2 nitrogen and oxygen atoms in total. The fourth-order valence-electron chi connectivity index (χ4n) is 3.33. The molecule has 0 bridgehead atoms. The summed E-state index contributed by atoms with van der Waals surface area (Å²) in [7, 11) is -1.22. The summed E-state index contributed by atoms with van der Waals surface area (Å²) in [6.07, 6.45) is 24.1. The Kier molecular flexibility index (Phi) is 23.6. The third-order valence-corrected chi connectivity index (χ3v) is 5.48. The van der Waals surface area contributed by atoms with Crippen LogP contribution in [0.25, 0.3) is 0 Å². The zero-order chi connectivity index (χ0) is 26.4. The van der Waals surface area contributed by atoms with E-state index in [2.05, 4.69) is 85.8 Å². The first-order chi connectivity index (χ1) is 16.0. The van der Waals surface area contributed by atoms with E-state index in [-0.39, 0.29) is 0 Å². The molecule has 0 aromatic heterocycles. The van der Waals surface area contributed by atoms with E-state index in [9.17, 15) is 0 Å². The van der Waals surface area contributed by atoms with Crippen molar-refractivity contribution in [1.29, 1.82) is 0 Å². The van der Waals surface area contributed by atoms with Crippen molar-refractivity contribution in [2.75, 3.05) is 0 Å². The van der Waals surface area contributed by atoms with Gasteiger partial charge in [0, 0.05) is 6.32 Å². The van der Waals surface area contributed by atoms with Gasteiger partial charge in [-0.1, -0.05) is 76.8 Å². The Bertz CT molecular complexity index is 695. The molecule has 0 aliphatic carbocycles. The minimum Gasteiger partial charge on any atom is -0.427 e. The summed E-state index contributed by atoms with van der Waals surface area (Å²) < 4.78 is 0. The monoisotopic (exact) mass is 470 g/mol. The fraction of sp³-hybridized carbons (Fsp3) is 0.613. The van der Waals surface area contributed by atoms with E-state index in [0.717, 1.165) is 32.1 Å². The molecular formula is C31H55BO2. The van der Waals surface area contributed by atoms with E-state index < -0.39 is 7.12 Å². The summed E-state index contributed by atoms with van der Waals surface area (Å²) in [6, 6.07) is 0. The van der Waals surface area contributed by atoms with Crippen LogP contribution < -0.4 is 0 Å². The van der Waals surface area contributed by atoms with Crippen molar-refractivity contribution in [3.05, 3.63) is 69.9 Å². The molecule has 0 fully saturated rings. The Hall–Kier alpha value is -1.58. The molecule has 0 atom stereocenters. The Morgan fingerprint density at radius 2 is 0.824 bits per heavy atom. The molecule has 194 valence electrons. The van der Waals surface area contributed by atoms with Gasteiger partial charge in [-0.3, -0.25) is 0 Å². The number of hydrogen-bond acceptors (Lipinski definition) is 2. The van der Waals surface area contributed by atoms with Crippen molar-refractivity contribution in [2.45, 2.75) is 126 Å². The summed E-state index contributed by atoms with van der Waals surface area (Å²) in [4.78, 5) is 0. The predicted octanol–water partition coefficient (Wildman–Crippen LogP) is 9.69. The molecular weight excluding hydrogens is 415 g/mol. The maximum absolute atomic E-state index is 8.75. The van der Waals surface area contributed by atoms with Crippen LogP contribution in [0.5, 0.6) is 0 Å². The molecule has 0 heterocycles. The van der Waals surface area contributed by atoms with Gasteiger partial charge in [0.2, 0.25) is 0 Å². The highest BCUT2D eigenvalue weighted by Crippen LogP contribution is 2.13. The average molecular weight is 471 g/mol. The highest BCUT2D eigenvalue weighted by molar-refractivity contribution is 6.41. The van der Waals surface area contributed by atoms with Gasteiger partial charge in [0.1, 0.15) is 0 Å². The molecule has 0 radical (unpaired) electrons. The largest absolute Gasteiger partial charge is 0.455 e. The van der Waals surface area contributed by atoms with Crippen LogP contribution in [-0.2, 0) is 0 Å². The number of allylic oxidation sites excluding steroid dienone is 12. The van der Waals surface area contributed by atoms with Crippen molar-refractivity contribution in [1.82, 2.24) is 0 Å². The summed E-state index contributed by atoms with van der Waals surface area (Å²) in [5.41, 5.74) is 8.51. The van der Waals surface area contributed by atoms with Gasteiger partial charge in [-0.25, -0.2) is 0 Å². The van der Waals surface area contributed by atoms with Crippen LogP contribution in [0.4, 0.5) is 0 Å². The summed E-state index contributed by atoms with van der Waals surface area (Å²) >= 11 is 0. The molecule has 0 saturated heterocycles. The SMILES string of the molecule is CC(C)=CCC/C(C)=C/CC/C(C)=C/CB(O)O.CC/C=C(\C)CC/C=C(\C)CCC=C(C)C. The third kappa shape index (κ3) is 28.5. The molecule has 0 aliphatic heterocycles. The first-order valence-electron chi connectivity index (χ1n) is 13.2. The Morgan fingerprint density at radius 3 is 1.15 bits per heavy atom. The Labute approximate surface area is 213 Å². The zero-order valence-electron chi connectivity index (χ0n) is 24.0. The minimum absolute atomic E-state index is 0.328. The zero-order valence-corrected chi connectivity index (χ0v) is 24.0. The maximum atomic E-state index is 8.75. The van der Waals surface area contributed by atoms with Gasteiger partial charge in [0.05, 0.1) is 0 Å². The van der Waals surface area contributed by atoms with Crippen molar-refractivity contribution in [3.63, 3.8) is 0 Å². The summed E-state index contributed by atoms with van der Waals surface area (Å²) in [6.45, 7) is 19.5. The lowest BCUT2D eigenvalue weighted by molar-refractivity contribution is 0.411. The minimum atomic E-state index is -1.22. The summed E-state index contributed by atoms with van der Waals surface area (Å²) in [5.74, 6) is 0. The molecule has 0 aromatic carbocycles. The van der Waals surface area contributed by atoms with Crippen LogP contribution in [0.3, 0.4) is 0 Å². The van der Waals surface area contributed by atoms with Crippen LogP contribution in [0.1, 0.15) is 120 Å². The predicted molar refractivity (Wildman–Crippen MR) is 156 cm³/mol. The van der Waals surface area contributed by atoms with Crippen molar-refractivity contribution in [2.24, 2.45) is 0 Å². The van der Waals surface area contributed by atoms with Crippen LogP contribution in [0, 0.1) is 0 Å². The highest BCUT2D eigenvalue weighted by atomic mass is 16.4. The molecule has 0 saturated carbocycles. The topological polar surface area (TPSA) is 40.5 Å². The highest BCUT2D eigenvalue weighted by Gasteiger charge is 2.02. The first kappa shape index (κ1) is 34.6. The van der Waals surface area contributed by atoms with E-state index in [0.29, 0.717) is 6.32 Å². The van der Waals surface area contributed by atoms with E-state index >= 15 is 0 Å². The quantitative estimate of drug-likeness (QED) is 0.185. The first-order valence-corrected chi connectivity index (χ1v) is 13.2. The Balaban J connectivity index is 0. The van der Waals surface area contributed by atoms with Gasteiger partial charge >= 0.3 is 7.12 Å². The van der Waals surface area contributed by atoms with Crippen molar-refractivity contribution in [3.8, 4) is 0 Å². The second kappa shape index (κ2) is 23.2. The van der Waals surface area contributed by atoms with Crippen molar-refractivity contribution < 1.29 is 10.0 Å². The van der Waals surface area contributed by atoms with Crippen LogP contribution >= 0.6 is 0 Å². The Morgan fingerprint density at radius 1 is 0.500 bits per heavy atom. The molecule has 0 unspecified atom stereocenters. The lowest BCUT2D eigenvalue weighted by Crippen LogP contribution is -2.08. The number of rotatable bonds is 15. The molecule has 0 rings (SSSR count). The van der Waals surface area contributed by atoms with Crippen molar-refractivity contribution >= 4 is 7.12 Å². The molecule has 0 spiro atoms. The summed E-state index contributed by atoms with van der Waals surface area (Å²) in [5, 5.41) is 17.5. The van der Waals surface area contributed by atoms with E-state index in [1.807, 2.05) is 13.0 Å². The third-order valence-electron chi connectivity index (χ3n) is 5.48. The standard InChI is InChI=1S/C16H28.C15H27BO2/c1-6-9-15(4)12-8-13-16(5)11-7-10-14(2)3;1-13(2)7-5-8-14(3)9-6-10-15(4)11-12-16(17)18/h9-10,13H,6-8,11-12H2,1-5H3;7,9,11,17-18H,5-6,8,10,12H2,1-4H3/b15-9+,16-13+;14-9+,15-11+. The second-order valence-corrected chi connectivity index (χ2v) is 10.0. The van der Waals surface area contributed by atoms with Gasteiger partial charge in [0.15, 0.2) is 0 Å². The van der Waals surface area contributed by atoms with Crippen LogP contribution in [0.15, 0.2) is 69.9 Å². The normalized spacial score (nSPS) is 12.7. The second-order valence-electron chi connectivity index (χ2n) is 10.0. The van der Waals surface area contributed by atoms with E-state index in [4.69, 9.17) is 10.0 Å². The van der Waals surface area contributed by atoms with Gasteiger partial charge in [0.25, 0.3) is 0 Å². The maximum Gasteiger partial charge on any atom is 0.455 e. The molecule has 0 aromatic rings. The smallest absolute Gasteiger partial charge is 0.427 e. The van der Waals surface area contributed by atoms with Crippen LogP contribution in [-0.4, -0.2) is 17.2 Å². The molecule has 2 N–H and O–H groups in total. The molecule has 0 aliphatic rings. The van der Waals surface area contributed by atoms with Gasteiger partial charge in [-0.05, 0) is 113 Å². The molecule has 0 amide bonds. The van der Waals surface area contributed by atoms with Crippen LogP contribution in [0.2, 0.25) is 6.32 Å². The molecule has 3 heteroatoms. The average Bonchev–Trinajstić information content (AvgIpc) is 2.72. The number of hydrogen-bond donors (Lipinski definition) is 2. The van der Waals surface area contributed by atoms with Gasteiger partial charge in [-0.2, -0.15) is 0 Å². The van der Waals surface area contributed by atoms with Gasteiger partial charge in [-0.15, -0.1) is 0 Å². The fourth-order valence-corrected chi connectivity index (χ4v) is 3.33. The lowest BCUT2D eigenvalue weighted by Gasteiger charge is -2.01.